The van der Waals surface area contributed by atoms with Crippen LogP contribution in [0.25, 0.3) is 0 Å². The van der Waals surface area contributed by atoms with Gasteiger partial charge in [0.1, 0.15) is 5.75 Å². The number of amides is 2. The third-order valence-corrected chi connectivity index (χ3v) is 3.10. The molecule has 2 amide bonds. The van der Waals surface area contributed by atoms with E-state index in [1.54, 1.807) is 42.5 Å². The summed E-state index contributed by atoms with van der Waals surface area (Å²) in [4.78, 5) is 11.9. The maximum atomic E-state index is 11.9. The van der Waals surface area contributed by atoms with Crippen molar-refractivity contribution >= 4 is 40.6 Å². The van der Waals surface area contributed by atoms with Gasteiger partial charge in [-0.2, -0.15) is 0 Å². The average molecular weight is 311 g/mol. The molecule has 0 heterocycles. The molecule has 0 radical (unpaired) electrons. The molecular weight excluding hydrogens is 299 g/mol. The van der Waals surface area contributed by atoms with Crippen molar-refractivity contribution < 1.29 is 9.53 Å². The van der Waals surface area contributed by atoms with Crippen molar-refractivity contribution in [3.8, 4) is 5.75 Å². The van der Waals surface area contributed by atoms with Crippen molar-refractivity contribution in [2.24, 2.45) is 0 Å². The Bertz CT molecular complexity index is 632. The molecule has 0 bridgehead atoms. The molecule has 0 spiro atoms. The summed E-state index contributed by atoms with van der Waals surface area (Å²) >= 11 is 11.8. The Hall–Kier alpha value is -1.91. The lowest BCUT2D eigenvalue weighted by Gasteiger charge is -2.12. The largest absolute Gasteiger partial charge is 0.495 e. The summed E-state index contributed by atoms with van der Waals surface area (Å²) in [7, 11) is 1.50. The van der Waals surface area contributed by atoms with Crippen LogP contribution in [-0.4, -0.2) is 13.1 Å². The van der Waals surface area contributed by atoms with Crippen molar-refractivity contribution in [2.75, 3.05) is 17.7 Å². The highest BCUT2D eigenvalue weighted by atomic mass is 35.5. The lowest BCUT2D eigenvalue weighted by atomic mass is 10.3. The van der Waals surface area contributed by atoms with E-state index in [2.05, 4.69) is 10.6 Å². The second-order valence-electron chi connectivity index (χ2n) is 3.90. The quantitative estimate of drug-likeness (QED) is 0.867. The van der Waals surface area contributed by atoms with Gasteiger partial charge in [-0.15, -0.1) is 0 Å². The molecule has 0 saturated carbocycles. The molecule has 20 heavy (non-hydrogen) atoms. The van der Waals surface area contributed by atoms with E-state index < -0.39 is 6.03 Å². The van der Waals surface area contributed by atoms with Gasteiger partial charge in [-0.3, -0.25) is 0 Å². The molecular formula is C14H12Cl2N2O2. The highest BCUT2D eigenvalue weighted by molar-refractivity contribution is 6.33. The van der Waals surface area contributed by atoms with E-state index in [1.807, 2.05) is 0 Å². The molecule has 0 fully saturated rings. The number of ether oxygens (including phenoxy) is 1. The van der Waals surface area contributed by atoms with Crippen LogP contribution >= 0.6 is 23.2 Å². The Kier molecular flexibility index (Phi) is 4.71. The first-order valence-electron chi connectivity index (χ1n) is 5.76. The first kappa shape index (κ1) is 14.5. The standard InChI is InChI=1S/C14H12Cl2N2O2/c1-20-13-8-9(15)6-7-12(13)18-14(19)17-11-5-3-2-4-10(11)16/h2-8H,1H3,(H2,17,18,19). The molecule has 6 heteroatoms. The predicted molar refractivity (Wildman–Crippen MR) is 82.1 cm³/mol. The minimum Gasteiger partial charge on any atom is -0.495 e. The monoisotopic (exact) mass is 310 g/mol. The van der Waals surface area contributed by atoms with E-state index in [0.717, 1.165) is 0 Å². The van der Waals surface area contributed by atoms with Gasteiger partial charge in [-0.1, -0.05) is 35.3 Å². The number of anilines is 2. The number of hydrogen-bond donors (Lipinski definition) is 2. The number of benzene rings is 2. The van der Waals surface area contributed by atoms with Crippen LogP contribution in [0.5, 0.6) is 5.75 Å². The van der Waals surface area contributed by atoms with Crippen LogP contribution < -0.4 is 15.4 Å². The third-order valence-electron chi connectivity index (χ3n) is 2.53. The van der Waals surface area contributed by atoms with Crippen LogP contribution in [0.3, 0.4) is 0 Å². The summed E-state index contributed by atoms with van der Waals surface area (Å²) in [5.41, 5.74) is 1.04. The molecule has 2 rings (SSSR count). The summed E-state index contributed by atoms with van der Waals surface area (Å²) in [6, 6.07) is 11.5. The maximum Gasteiger partial charge on any atom is 0.323 e. The van der Waals surface area contributed by atoms with E-state index in [0.29, 0.717) is 27.2 Å². The van der Waals surface area contributed by atoms with E-state index >= 15 is 0 Å². The number of carbonyl (C=O) groups excluding carboxylic acids is 1. The van der Waals surface area contributed by atoms with Crippen molar-refractivity contribution in [1.29, 1.82) is 0 Å². The zero-order valence-corrected chi connectivity index (χ0v) is 12.1. The molecule has 4 nitrogen and oxygen atoms in total. The van der Waals surface area contributed by atoms with Gasteiger partial charge in [0.15, 0.2) is 0 Å². The summed E-state index contributed by atoms with van der Waals surface area (Å²) in [5.74, 6) is 0.479. The molecule has 0 atom stereocenters. The van der Waals surface area contributed by atoms with E-state index in [4.69, 9.17) is 27.9 Å². The summed E-state index contributed by atoms with van der Waals surface area (Å²) in [6.07, 6.45) is 0. The van der Waals surface area contributed by atoms with Crippen LogP contribution in [-0.2, 0) is 0 Å². The molecule has 2 N–H and O–H groups in total. The minimum absolute atomic E-state index is 0.418. The molecule has 2 aromatic carbocycles. The summed E-state index contributed by atoms with van der Waals surface area (Å²) < 4.78 is 5.15. The predicted octanol–water partition coefficient (Wildman–Crippen LogP) is 4.65. The Labute approximate surface area is 126 Å². The Morgan fingerprint density at radius 1 is 1.05 bits per heavy atom. The van der Waals surface area contributed by atoms with Gasteiger partial charge in [0.2, 0.25) is 0 Å². The Balaban J connectivity index is 2.11. The minimum atomic E-state index is -0.418. The Morgan fingerprint density at radius 2 is 1.75 bits per heavy atom. The highest BCUT2D eigenvalue weighted by Gasteiger charge is 2.09. The van der Waals surface area contributed by atoms with Crippen LogP contribution in [0.1, 0.15) is 0 Å². The number of para-hydroxylation sites is 1. The first-order chi connectivity index (χ1) is 9.60. The number of methoxy groups -OCH3 is 1. The topological polar surface area (TPSA) is 50.4 Å². The number of halogens is 2. The molecule has 0 aliphatic heterocycles. The zero-order valence-electron chi connectivity index (χ0n) is 10.6. The van der Waals surface area contributed by atoms with Gasteiger partial charge < -0.3 is 15.4 Å². The zero-order chi connectivity index (χ0) is 14.5. The van der Waals surface area contributed by atoms with Gasteiger partial charge in [-0.25, -0.2) is 4.79 Å². The average Bonchev–Trinajstić information content (AvgIpc) is 2.43. The number of rotatable bonds is 3. The lowest BCUT2D eigenvalue weighted by molar-refractivity contribution is 0.262. The summed E-state index contributed by atoms with van der Waals surface area (Å²) in [5, 5.41) is 6.32. The summed E-state index contributed by atoms with van der Waals surface area (Å²) in [6.45, 7) is 0. The van der Waals surface area contributed by atoms with Gasteiger partial charge in [-0.05, 0) is 24.3 Å². The highest BCUT2D eigenvalue weighted by Crippen LogP contribution is 2.28. The lowest BCUT2D eigenvalue weighted by Crippen LogP contribution is -2.20. The fourth-order valence-corrected chi connectivity index (χ4v) is 1.95. The van der Waals surface area contributed by atoms with Crippen molar-refractivity contribution in [1.82, 2.24) is 0 Å². The van der Waals surface area contributed by atoms with Gasteiger partial charge in [0.05, 0.1) is 23.5 Å². The van der Waals surface area contributed by atoms with Crippen LogP contribution in [0, 0.1) is 0 Å². The van der Waals surface area contributed by atoms with Crippen molar-refractivity contribution in [3.63, 3.8) is 0 Å². The van der Waals surface area contributed by atoms with Crippen molar-refractivity contribution in [2.45, 2.75) is 0 Å². The Morgan fingerprint density at radius 3 is 2.45 bits per heavy atom. The number of hydrogen-bond acceptors (Lipinski definition) is 2. The number of urea groups is 1. The third kappa shape index (κ3) is 3.56. The fraction of sp³-hybridized carbons (Fsp3) is 0.0714. The maximum absolute atomic E-state index is 11.9. The molecule has 0 unspecified atom stereocenters. The van der Waals surface area contributed by atoms with E-state index in [9.17, 15) is 4.79 Å². The van der Waals surface area contributed by atoms with E-state index in [1.165, 1.54) is 7.11 Å². The second kappa shape index (κ2) is 6.50. The fourth-order valence-electron chi connectivity index (χ4n) is 1.61. The van der Waals surface area contributed by atoms with Crippen LogP contribution in [0.15, 0.2) is 42.5 Å². The van der Waals surface area contributed by atoms with Crippen LogP contribution in [0.4, 0.5) is 16.2 Å². The number of nitrogens with one attached hydrogen (secondary N) is 2. The van der Waals surface area contributed by atoms with Gasteiger partial charge in [0, 0.05) is 11.1 Å². The second-order valence-corrected chi connectivity index (χ2v) is 4.75. The van der Waals surface area contributed by atoms with Gasteiger partial charge >= 0.3 is 6.03 Å². The molecule has 0 aromatic heterocycles. The van der Waals surface area contributed by atoms with Crippen LogP contribution in [0.2, 0.25) is 10.0 Å². The smallest absolute Gasteiger partial charge is 0.323 e. The SMILES string of the molecule is COc1cc(Cl)ccc1NC(=O)Nc1ccccc1Cl. The molecule has 0 aliphatic rings. The number of carbonyl (C=O) groups is 1. The van der Waals surface area contributed by atoms with Crippen molar-refractivity contribution in [3.05, 3.63) is 52.5 Å². The molecule has 0 aliphatic carbocycles. The van der Waals surface area contributed by atoms with E-state index in [-0.39, 0.29) is 0 Å². The first-order valence-corrected chi connectivity index (χ1v) is 6.52. The molecule has 104 valence electrons. The van der Waals surface area contributed by atoms with Gasteiger partial charge in [0.25, 0.3) is 0 Å². The molecule has 2 aromatic rings. The normalized spacial score (nSPS) is 9.95. The molecule has 0 saturated heterocycles.